The third-order valence-corrected chi connectivity index (χ3v) is 3.18. The number of aryl methyl sites for hydroxylation is 1. The third kappa shape index (κ3) is 2.96. The van der Waals surface area contributed by atoms with Gasteiger partial charge in [0.1, 0.15) is 5.82 Å². The van der Waals surface area contributed by atoms with E-state index >= 15 is 0 Å². The van der Waals surface area contributed by atoms with Gasteiger partial charge in [-0.25, -0.2) is 4.39 Å². The topological polar surface area (TPSA) is 78.4 Å². The highest BCUT2D eigenvalue weighted by Gasteiger charge is 2.24. The molecule has 6 heteroatoms. The number of aliphatic hydroxyl groups is 1. The fourth-order valence-corrected chi connectivity index (χ4v) is 1.99. The van der Waals surface area contributed by atoms with Gasteiger partial charge in [0.2, 0.25) is 5.91 Å². The van der Waals surface area contributed by atoms with E-state index in [0.717, 1.165) is 11.6 Å². The number of aliphatic hydroxyl groups excluding tert-OH is 1. The number of anilines is 1. The summed E-state index contributed by atoms with van der Waals surface area (Å²) in [5, 5.41) is 14.3. The lowest BCUT2D eigenvalue weighted by Crippen LogP contribution is -2.46. The van der Waals surface area contributed by atoms with Crippen molar-refractivity contribution in [3.05, 3.63) is 29.1 Å². The van der Waals surface area contributed by atoms with E-state index in [4.69, 9.17) is 5.11 Å². The largest absolute Gasteiger partial charge is 0.394 e. The summed E-state index contributed by atoms with van der Waals surface area (Å²) in [4.78, 5) is 23.3. The van der Waals surface area contributed by atoms with E-state index < -0.39 is 17.3 Å². The number of benzene rings is 1. The number of amides is 2. The van der Waals surface area contributed by atoms with Gasteiger partial charge in [-0.1, -0.05) is 0 Å². The first-order valence-corrected chi connectivity index (χ1v) is 6.38. The van der Waals surface area contributed by atoms with Crippen molar-refractivity contribution in [2.45, 2.75) is 32.2 Å². The molecule has 0 unspecified atom stereocenters. The zero-order valence-corrected chi connectivity index (χ0v) is 11.4. The Hall–Kier alpha value is -1.95. The molecule has 1 aliphatic rings. The summed E-state index contributed by atoms with van der Waals surface area (Å²) in [7, 11) is 0. The minimum atomic E-state index is -0.826. The van der Waals surface area contributed by atoms with Crippen molar-refractivity contribution >= 4 is 17.5 Å². The lowest BCUT2D eigenvalue weighted by Gasteiger charge is -2.24. The summed E-state index contributed by atoms with van der Waals surface area (Å²) < 4.78 is 14.0. The summed E-state index contributed by atoms with van der Waals surface area (Å²) in [5.74, 6) is -1.44. The van der Waals surface area contributed by atoms with Crippen LogP contribution in [0.4, 0.5) is 10.1 Å². The molecule has 2 rings (SSSR count). The van der Waals surface area contributed by atoms with Crippen LogP contribution in [0, 0.1) is 5.82 Å². The monoisotopic (exact) mass is 280 g/mol. The highest BCUT2D eigenvalue weighted by atomic mass is 19.1. The maximum atomic E-state index is 14.0. The second kappa shape index (κ2) is 5.20. The molecule has 1 aromatic rings. The Morgan fingerprint density at radius 3 is 2.80 bits per heavy atom. The van der Waals surface area contributed by atoms with Crippen LogP contribution in [-0.4, -0.2) is 29.1 Å². The Kier molecular flexibility index (Phi) is 3.76. The summed E-state index contributed by atoms with van der Waals surface area (Å²) in [5.41, 5.74) is 0.240. The molecule has 0 saturated carbocycles. The van der Waals surface area contributed by atoms with E-state index in [0.29, 0.717) is 18.5 Å². The van der Waals surface area contributed by atoms with E-state index in [1.54, 1.807) is 13.8 Å². The van der Waals surface area contributed by atoms with Gasteiger partial charge in [-0.15, -0.1) is 0 Å². The van der Waals surface area contributed by atoms with Crippen LogP contribution < -0.4 is 10.6 Å². The van der Waals surface area contributed by atoms with E-state index in [2.05, 4.69) is 10.6 Å². The molecule has 0 atom stereocenters. The highest BCUT2D eigenvalue weighted by molar-refractivity contribution is 5.98. The average molecular weight is 280 g/mol. The number of carbonyl (C=O) groups excluding carboxylic acids is 2. The van der Waals surface area contributed by atoms with Gasteiger partial charge < -0.3 is 15.7 Å². The molecule has 1 aromatic carbocycles. The number of halogens is 1. The van der Waals surface area contributed by atoms with Crippen molar-refractivity contribution < 1.29 is 19.1 Å². The Morgan fingerprint density at radius 1 is 1.45 bits per heavy atom. The van der Waals surface area contributed by atoms with E-state index in [1.165, 1.54) is 6.07 Å². The molecular formula is C14H17FN2O3. The van der Waals surface area contributed by atoms with Crippen molar-refractivity contribution in [3.8, 4) is 0 Å². The fraction of sp³-hybridized carbons (Fsp3) is 0.429. The first kappa shape index (κ1) is 14.5. The molecule has 0 spiro atoms. The predicted octanol–water partition coefficient (Wildman–Crippen LogP) is 1.21. The predicted molar refractivity (Wildman–Crippen MR) is 72.0 cm³/mol. The molecule has 0 aromatic heterocycles. The minimum Gasteiger partial charge on any atom is -0.394 e. The van der Waals surface area contributed by atoms with Crippen molar-refractivity contribution in [1.82, 2.24) is 5.32 Å². The molecular weight excluding hydrogens is 263 g/mol. The zero-order valence-electron chi connectivity index (χ0n) is 11.4. The number of hydrogen-bond acceptors (Lipinski definition) is 3. The van der Waals surface area contributed by atoms with E-state index in [-0.39, 0.29) is 18.1 Å². The van der Waals surface area contributed by atoms with Crippen molar-refractivity contribution in [2.75, 3.05) is 11.9 Å². The molecule has 0 fully saturated rings. The molecule has 0 bridgehead atoms. The standard InChI is InChI=1S/C14H17FN2O3/c1-14(2,7-18)17-13(20)9-5-8-3-4-12(19)16-11(8)6-10(9)15/h5-6,18H,3-4,7H2,1-2H3,(H,16,19)(H,17,20). The van der Waals surface area contributed by atoms with Gasteiger partial charge in [0.05, 0.1) is 17.7 Å². The van der Waals surface area contributed by atoms with Gasteiger partial charge in [-0.2, -0.15) is 0 Å². The molecule has 2 amide bonds. The quantitative estimate of drug-likeness (QED) is 0.778. The molecule has 1 heterocycles. The molecule has 0 radical (unpaired) electrons. The second-order valence-electron chi connectivity index (χ2n) is 5.53. The Labute approximate surface area is 116 Å². The van der Waals surface area contributed by atoms with Crippen molar-refractivity contribution in [2.24, 2.45) is 0 Å². The lowest BCUT2D eigenvalue weighted by molar-refractivity contribution is -0.116. The fourth-order valence-electron chi connectivity index (χ4n) is 1.99. The number of hydrogen-bond donors (Lipinski definition) is 3. The molecule has 108 valence electrons. The molecule has 5 nitrogen and oxygen atoms in total. The van der Waals surface area contributed by atoms with Gasteiger partial charge >= 0.3 is 0 Å². The number of fused-ring (bicyclic) bond motifs is 1. The number of carbonyl (C=O) groups is 2. The number of rotatable bonds is 3. The normalized spacial score (nSPS) is 14.5. The van der Waals surface area contributed by atoms with Gasteiger partial charge in [-0.05, 0) is 38.0 Å². The SMILES string of the molecule is CC(C)(CO)NC(=O)c1cc2c(cc1F)NC(=O)CC2. The molecule has 1 aliphatic heterocycles. The molecule has 3 N–H and O–H groups in total. The van der Waals surface area contributed by atoms with Crippen LogP contribution in [0.1, 0.15) is 36.2 Å². The van der Waals surface area contributed by atoms with Crippen LogP contribution in [0.3, 0.4) is 0 Å². The van der Waals surface area contributed by atoms with Crippen molar-refractivity contribution in [1.29, 1.82) is 0 Å². The third-order valence-electron chi connectivity index (χ3n) is 3.18. The average Bonchev–Trinajstić information content (AvgIpc) is 2.37. The van der Waals surface area contributed by atoms with Gasteiger partial charge in [0.15, 0.2) is 0 Å². The van der Waals surface area contributed by atoms with Gasteiger partial charge in [-0.3, -0.25) is 9.59 Å². The van der Waals surface area contributed by atoms with Gasteiger partial charge in [0.25, 0.3) is 5.91 Å². The van der Waals surface area contributed by atoms with E-state index in [9.17, 15) is 14.0 Å². The summed E-state index contributed by atoms with van der Waals surface area (Å²) in [6, 6.07) is 2.61. The van der Waals surface area contributed by atoms with Crippen LogP contribution in [0.25, 0.3) is 0 Å². The first-order valence-electron chi connectivity index (χ1n) is 6.38. The molecule has 0 aliphatic carbocycles. The Morgan fingerprint density at radius 2 is 2.15 bits per heavy atom. The number of nitrogens with one attached hydrogen (secondary N) is 2. The molecule has 0 saturated heterocycles. The summed E-state index contributed by atoms with van der Waals surface area (Å²) in [6.07, 6.45) is 0.799. The van der Waals surface area contributed by atoms with Gasteiger partial charge in [0, 0.05) is 12.1 Å². The summed E-state index contributed by atoms with van der Waals surface area (Å²) in [6.45, 7) is 3.03. The minimum absolute atomic E-state index is 0.0820. The van der Waals surface area contributed by atoms with Crippen LogP contribution in [0.5, 0.6) is 0 Å². The summed E-state index contributed by atoms with van der Waals surface area (Å²) >= 11 is 0. The highest BCUT2D eigenvalue weighted by Crippen LogP contribution is 2.26. The Bertz CT molecular complexity index is 570. The smallest absolute Gasteiger partial charge is 0.254 e. The second-order valence-corrected chi connectivity index (χ2v) is 5.53. The first-order chi connectivity index (χ1) is 9.32. The van der Waals surface area contributed by atoms with Crippen LogP contribution in [-0.2, 0) is 11.2 Å². The Balaban J connectivity index is 2.29. The zero-order chi connectivity index (χ0) is 14.9. The maximum absolute atomic E-state index is 14.0. The van der Waals surface area contributed by atoms with Crippen LogP contribution >= 0.6 is 0 Å². The van der Waals surface area contributed by atoms with E-state index in [1.807, 2.05) is 0 Å². The molecule has 20 heavy (non-hydrogen) atoms. The van der Waals surface area contributed by atoms with Crippen molar-refractivity contribution in [3.63, 3.8) is 0 Å². The lowest BCUT2D eigenvalue weighted by atomic mass is 9.98. The van der Waals surface area contributed by atoms with Crippen LogP contribution in [0.15, 0.2) is 12.1 Å². The maximum Gasteiger partial charge on any atom is 0.254 e. The van der Waals surface area contributed by atoms with Crippen LogP contribution in [0.2, 0.25) is 0 Å².